The third-order valence-electron chi connectivity index (χ3n) is 4.32. The van der Waals surface area contributed by atoms with E-state index >= 15 is 0 Å². The summed E-state index contributed by atoms with van der Waals surface area (Å²) < 4.78 is 13.2. The third kappa shape index (κ3) is 6.20. The maximum Gasteiger partial charge on any atom is 0.222 e. The Kier molecular flexibility index (Phi) is 7.32. The number of nitrogens with one attached hydrogen (secondary N) is 1. The quantitative estimate of drug-likeness (QED) is 0.587. The second kappa shape index (κ2) is 9.26. The van der Waals surface area contributed by atoms with Crippen LogP contribution in [0.4, 0.5) is 4.39 Å². The van der Waals surface area contributed by atoms with E-state index < -0.39 is 5.92 Å². The molecule has 26 heavy (non-hydrogen) atoms. The molecular weight excluding hydrogens is 351 g/mol. The van der Waals surface area contributed by atoms with Gasteiger partial charge in [0.15, 0.2) is 5.96 Å². The average molecular weight is 381 g/mol. The molecule has 1 amide bonds. The summed E-state index contributed by atoms with van der Waals surface area (Å²) in [5.41, 5.74) is 6.46. The number of hydrogen-bond donors (Lipinski definition) is 2. The number of amides is 1. The zero-order valence-corrected chi connectivity index (χ0v) is 16.6. The first-order valence-corrected chi connectivity index (χ1v) is 10.0. The average Bonchev–Trinajstić information content (AvgIpc) is 2.58. The van der Waals surface area contributed by atoms with Crippen LogP contribution in [-0.4, -0.2) is 53.4 Å². The van der Waals surface area contributed by atoms with Crippen LogP contribution in [0.2, 0.25) is 0 Å². The van der Waals surface area contributed by atoms with Gasteiger partial charge in [0.25, 0.3) is 0 Å². The number of nitrogens with zero attached hydrogens (tertiary/aromatic N) is 2. The molecule has 144 valence electrons. The van der Waals surface area contributed by atoms with Crippen LogP contribution < -0.4 is 11.1 Å². The van der Waals surface area contributed by atoms with Gasteiger partial charge in [-0.05, 0) is 44.9 Å². The topological polar surface area (TPSA) is 70.7 Å². The first-order chi connectivity index (χ1) is 12.3. The van der Waals surface area contributed by atoms with E-state index in [0.29, 0.717) is 13.0 Å². The number of nitrogens with two attached hydrogens (primary N) is 1. The van der Waals surface area contributed by atoms with Crippen LogP contribution in [0, 0.1) is 11.7 Å². The predicted octanol–water partition coefficient (Wildman–Crippen LogP) is 2.26. The van der Waals surface area contributed by atoms with Gasteiger partial charge < -0.3 is 16.0 Å². The van der Waals surface area contributed by atoms with E-state index in [1.54, 1.807) is 12.1 Å². The standard InChI is InChI=1S/C19H29FN4OS/c1-4-22-18(24-9-10-26-19(2,3)13-24)23-12-15(17(21)25)11-14-5-7-16(20)8-6-14/h5-8,15H,4,9-13H2,1-3H3,(H2,21,25)(H,22,23). The molecule has 1 heterocycles. The van der Waals surface area contributed by atoms with Gasteiger partial charge in [0, 0.05) is 30.1 Å². The molecule has 1 atom stereocenters. The number of aliphatic imine (C=N–C) groups is 1. The molecular formula is C19H29FN4OS. The number of halogens is 1. The zero-order valence-electron chi connectivity index (χ0n) is 15.8. The molecule has 7 heteroatoms. The number of benzene rings is 1. The molecule has 5 nitrogen and oxygen atoms in total. The number of carbonyl (C=O) groups excluding carboxylic acids is 1. The number of carbonyl (C=O) groups is 1. The second-order valence-electron chi connectivity index (χ2n) is 7.15. The van der Waals surface area contributed by atoms with Crippen LogP contribution >= 0.6 is 11.8 Å². The Hall–Kier alpha value is -1.76. The number of rotatable bonds is 6. The number of guanidine groups is 1. The molecule has 1 aliphatic heterocycles. The van der Waals surface area contributed by atoms with E-state index in [2.05, 4.69) is 29.1 Å². The fourth-order valence-electron chi connectivity index (χ4n) is 2.98. The molecule has 0 aromatic heterocycles. The SMILES string of the molecule is CCNC(=NCC(Cc1ccc(F)cc1)C(N)=O)N1CCSC(C)(C)C1. The molecule has 0 bridgehead atoms. The second-order valence-corrected chi connectivity index (χ2v) is 8.96. The lowest BCUT2D eigenvalue weighted by molar-refractivity contribution is -0.121. The fourth-order valence-corrected chi connectivity index (χ4v) is 4.09. The number of hydrogen-bond acceptors (Lipinski definition) is 3. The molecule has 1 unspecified atom stereocenters. The molecule has 0 aliphatic carbocycles. The predicted molar refractivity (Wildman–Crippen MR) is 107 cm³/mol. The Bertz CT molecular complexity index is 633. The molecule has 1 aromatic rings. The maximum atomic E-state index is 13.1. The molecule has 1 aliphatic rings. The lowest BCUT2D eigenvalue weighted by Gasteiger charge is -2.39. The van der Waals surface area contributed by atoms with Gasteiger partial charge in [-0.1, -0.05) is 12.1 Å². The summed E-state index contributed by atoms with van der Waals surface area (Å²) in [6.45, 7) is 9.41. The van der Waals surface area contributed by atoms with Crippen LogP contribution in [0.5, 0.6) is 0 Å². The van der Waals surface area contributed by atoms with E-state index in [4.69, 9.17) is 5.73 Å². The van der Waals surface area contributed by atoms with Crippen molar-refractivity contribution in [3.05, 3.63) is 35.6 Å². The van der Waals surface area contributed by atoms with Gasteiger partial charge in [-0.3, -0.25) is 9.79 Å². The highest BCUT2D eigenvalue weighted by Crippen LogP contribution is 2.29. The lowest BCUT2D eigenvalue weighted by Crippen LogP contribution is -2.51. The largest absolute Gasteiger partial charge is 0.369 e. The van der Waals surface area contributed by atoms with Gasteiger partial charge in [-0.15, -0.1) is 0 Å². The van der Waals surface area contributed by atoms with Crippen LogP contribution in [0.15, 0.2) is 29.3 Å². The highest BCUT2D eigenvalue weighted by Gasteiger charge is 2.29. The molecule has 2 rings (SSSR count). The Balaban J connectivity index is 2.08. The minimum Gasteiger partial charge on any atom is -0.369 e. The first-order valence-electron chi connectivity index (χ1n) is 9.01. The Morgan fingerprint density at radius 3 is 2.69 bits per heavy atom. The van der Waals surface area contributed by atoms with Crippen molar-refractivity contribution in [3.63, 3.8) is 0 Å². The normalized spacial score (nSPS) is 18.5. The maximum absolute atomic E-state index is 13.1. The fraction of sp³-hybridized carbons (Fsp3) is 0.579. The third-order valence-corrected chi connectivity index (χ3v) is 5.62. The monoisotopic (exact) mass is 380 g/mol. The summed E-state index contributed by atoms with van der Waals surface area (Å²) in [5, 5.41) is 3.32. The van der Waals surface area contributed by atoms with E-state index in [0.717, 1.165) is 36.9 Å². The summed E-state index contributed by atoms with van der Waals surface area (Å²) in [6, 6.07) is 6.16. The Labute approximate surface area is 159 Å². The smallest absolute Gasteiger partial charge is 0.222 e. The van der Waals surface area contributed by atoms with E-state index in [1.807, 2.05) is 18.7 Å². The molecule has 0 saturated carbocycles. The van der Waals surface area contributed by atoms with Crippen molar-refractivity contribution in [1.29, 1.82) is 0 Å². The summed E-state index contributed by atoms with van der Waals surface area (Å²) in [7, 11) is 0. The van der Waals surface area contributed by atoms with Gasteiger partial charge in [-0.25, -0.2) is 4.39 Å². The van der Waals surface area contributed by atoms with Gasteiger partial charge in [0.2, 0.25) is 5.91 Å². The van der Waals surface area contributed by atoms with Gasteiger partial charge in [0.05, 0.1) is 12.5 Å². The van der Waals surface area contributed by atoms with Crippen LogP contribution in [0.25, 0.3) is 0 Å². The first kappa shape index (κ1) is 20.6. The summed E-state index contributed by atoms with van der Waals surface area (Å²) in [4.78, 5) is 18.8. The minimum absolute atomic E-state index is 0.172. The van der Waals surface area contributed by atoms with Crippen molar-refractivity contribution < 1.29 is 9.18 Å². The van der Waals surface area contributed by atoms with Crippen molar-refractivity contribution in [2.75, 3.05) is 31.9 Å². The highest BCUT2D eigenvalue weighted by atomic mass is 32.2. The Morgan fingerprint density at radius 2 is 2.12 bits per heavy atom. The highest BCUT2D eigenvalue weighted by molar-refractivity contribution is 8.00. The van der Waals surface area contributed by atoms with Crippen LogP contribution in [0.3, 0.4) is 0 Å². The number of primary amides is 1. The zero-order chi connectivity index (χ0) is 19.2. The Morgan fingerprint density at radius 1 is 1.42 bits per heavy atom. The summed E-state index contributed by atoms with van der Waals surface area (Å²) >= 11 is 1.96. The van der Waals surface area contributed by atoms with Crippen molar-refractivity contribution in [1.82, 2.24) is 10.2 Å². The molecule has 0 radical (unpaired) electrons. The van der Waals surface area contributed by atoms with Crippen molar-refractivity contribution in [2.45, 2.75) is 31.9 Å². The van der Waals surface area contributed by atoms with E-state index in [9.17, 15) is 9.18 Å². The molecule has 1 saturated heterocycles. The van der Waals surface area contributed by atoms with Crippen molar-refractivity contribution in [3.8, 4) is 0 Å². The summed E-state index contributed by atoms with van der Waals surface area (Å²) in [5.74, 6) is 0.782. The summed E-state index contributed by atoms with van der Waals surface area (Å²) in [6.07, 6.45) is 0.458. The molecule has 1 fully saturated rings. The van der Waals surface area contributed by atoms with E-state index in [-0.39, 0.29) is 16.5 Å². The number of thioether (sulfide) groups is 1. The van der Waals surface area contributed by atoms with Gasteiger partial charge in [-0.2, -0.15) is 11.8 Å². The van der Waals surface area contributed by atoms with Crippen LogP contribution in [0.1, 0.15) is 26.3 Å². The molecule has 3 N–H and O–H groups in total. The van der Waals surface area contributed by atoms with E-state index in [1.165, 1.54) is 12.1 Å². The van der Waals surface area contributed by atoms with Crippen LogP contribution in [-0.2, 0) is 11.2 Å². The lowest BCUT2D eigenvalue weighted by atomic mass is 9.99. The molecule has 0 spiro atoms. The van der Waals surface area contributed by atoms with Crippen molar-refractivity contribution >= 4 is 23.6 Å². The van der Waals surface area contributed by atoms with Gasteiger partial charge >= 0.3 is 0 Å². The van der Waals surface area contributed by atoms with Crippen molar-refractivity contribution in [2.24, 2.45) is 16.6 Å². The molecule has 1 aromatic carbocycles. The minimum atomic E-state index is -0.415. The van der Waals surface area contributed by atoms with Gasteiger partial charge in [0.1, 0.15) is 5.82 Å².